The predicted octanol–water partition coefficient (Wildman–Crippen LogP) is 1.85. The van der Waals surface area contributed by atoms with Crippen LogP contribution in [0.5, 0.6) is 0 Å². The molecule has 17 heavy (non-hydrogen) atoms. The molecule has 0 spiro atoms. The van der Waals surface area contributed by atoms with Crippen molar-refractivity contribution >= 4 is 0 Å². The van der Waals surface area contributed by atoms with Gasteiger partial charge in [0.1, 0.15) is 5.54 Å². The molecule has 0 aromatic heterocycles. The summed E-state index contributed by atoms with van der Waals surface area (Å²) in [6.07, 6.45) is 5.14. The highest BCUT2D eigenvalue weighted by Gasteiger charge is 2.24. The number of hydrogen-bond acceptors (Lipinski definition) is 4. The molecule has 98 valence electrons. The number of nitriles is 1. The van der Waals surface area contributed by atoms with E-state index in [2.05, 4.69) is 11.4 Å². The van der Waals surface area contributed by atoms with Crippen LogP contribution in [-0.2, 0) is 9.47 Å². The average molecular weight is 240 g/mol. The third-order valence-electron chi connectivity index (χ3n) is 3.52. The molecule has 0 radical (unpaired) electrons. The van der Waals surface area contributed by atoms with Crippen LogP contribution in [0.15, 0.2) is 0 Å². The van der Waals surface area contributed by atoms with Gasteiger partial charge in [0.25, 0.3) is 0 Å². The summed E-state index contributed by atoms with van der Waals surface area (Å²) in [5, 5.41) is 12.2. The Kier molecular flexibility index (Phi) is 6.49. The Morgan fingerprint density at radius 1 is 1.59 bits per heavy atom. The molecular formula is C13H24N2O2. The van der Waals surface area contributed by atoms with Gasteiger partial charge in [-0.15, -0.1) is 0 Å². The average Bonchev–Trinajstić information content (AvgIpc) is 2.88. The summed E-state index contributed by atoms with van der Waals surface area (Å²) in [6.45, 7) is 4.32. The molecule has 4 nitrogen and oxygen atoms in total. The Bertz CT molecular complexity index is 240. The van der Waals surface area contributed by atoms with Gasteiger partial charge in [0, 0.05) is 13.2 Å². The minimum atomic E-state index is -0.382. The largest absolute Gasteiger partial charge is 0.379 e. The fourth-order valence-electron chi connectivity index (χ4n) is 2.14. The van der Waals surface area contributed by atoms with Gasteiger partial charge in [-0.1, -0.05) is 6.92 Å². The Labute approximate surface area is 104 Å². The third kappa shape index (κ3) is 4.63. The van der Waals surface area contributed by atoms with Gasteiger partial charge in [-0.2, -0.15) is 5.26 Å². The lowest BCUT2D eigenvalue weighted by atomic mass is 9.92. The Morgan fingerprint density at radius 2 is 2.41 bits per heavy atom. The van der Waals surface area contributed by atoms with Crippen molar-refractivity contribution in [2.75, 3.05) is 26.9 Å². The van der Waals surface area contributed by atoms with Crippen LogP contribution < -0.4 is 5.32 Å². The van der Waals surface area contributed by atoms with E-state index in [1.54, 1.807) is 0 Å². The molecule has 2 atom stereocenters. The maximum atomic E-state index is 9.13. The van der Waals surface area contributed by atoms with E-state index >= 15 is 0 Å². The van der Waals surface area contributed by atoms with Gasteiger partial charge in [0.15, 0.2) is 0 Å². The minimum Gasteiger partial charge on any atom is -0.379 e. The third-order valence-corrected chi connectivity index (χ3v) is 3.52. The van der Waals surface area contributed by atoms with Gasteiger partial charge in [0.2, 0.25) is 0 Å². The van der Waals surface area contributed by atoms with Crippen molar-refractivity contribution in [1.82, 2.24) is 5.32 Å². The Hall–Kier alpha value is -0.630. The standard InChI is InChI=1S/C13H24N2O2/c1-3-13(11-14,15-2)7-5-8-16-10-12-6-4-9-17-12/h12,15H,3-10H2,1-2H3. The van der Waals surface area contributed by atoms with Crippen LogP contribution >= 0.6 is 0 Å². The van der Waals surface area contributed by atoms with E-state index in [0.29, 0.717) is 19.3 Å². The second-order valence-electron chi connectivity index (χ2n) is 4.61. The smallest absolute Gasteiger partial charge is 0.106 e. The molecule has 0 aromatic carbocycles. The predicted molar refractivity (Wildman–Crippen MR) is 66.7 cm³/mol. The molecule has 0 bridgehead atoms. The number of rotatable bonds is 8. The fraction of sp³-hybridized carbons (Fsp3) is 0.923. The van der Waals surface area contributed by atoms with Crippen LogP contribution in [0, 0.1) is 11.3 Å². The number of ether oxygens (including phenoxy) is 2. The molecule has 1 rings (SSSR count). The maximum Gasteiger partial charge on any atom is 0.106 e. The lowest BCUT2D eigenvalue weighted by molar-refractivity contribution is 0.0152. The quantitative estimate of drug-likeness (QED) is 0.658. The van der Waals surface area contributed by atoms with E-state index in [1.807, 2.05) is 14.0 Å². The molecule has 1 fully saturated rings. The first-order valence-corrected chi connectivity index (χ1v) is 6.56. The number of nitrogens with one attached hydrogen (secondary N) is 1. The van der Waals surface area contributed by atoms with Crippen molar-refractivity contribution in [3.63, 3.8) is 0 Å². The van der Waals surface area contributed by atoms with Crippen LogP contribution in [0.4, 0.5) is 0 Å². The zero-order chi connectivity index (χ0) is 12.6. The highest BCUT2D eigenvalue weighted by Crippen LogP contribution is 2.16. The van der Waals surface area contributed by atoms with E-state index in [9.17, 15) is 0 Å². The first kappa shape index (κ1) is 14.4. The second kappa shape index (κ2) is 7.65. The molecule has 0 aliphatic carbocycles. The summed E-state index contributed by atoms with van der Waals surface area (Å²) in [4.78, 5) is 0. The minimum absolute atomic E-state index is 0.297. The first-order valence-electron chi connectivity index (χ1n) is 6.56. The van der Waals surface area contributed by atoms with Crippen LogP contribution in [-0.4, -0.2) is 38.5 Å². The molecule has 0 amide bonds. The molecule has 1 N–H and O–H groups in total. The SMILES string of the molecule is CCC(C#N)(CCCOCC1CCCO1)NC. The zero-order valence-corrected chi connectivity index (χ0v) is 11.0. The Balaban J connectivity index is 2.08. The second-order valence-corrected chi connectivity index (χ2v) is 4.61. The van der Waals surface area contributed by atoms with Crippen LogP contribution in [0.25, 0.3) is 0 Å². The summed E-state index contributed by atoms with van der Waals surface area (Å²) in [7, 11) is 1.85. The number of hydrogen-bond donors (Lipinski definition) is 1. The first-order chi connectivity index (χ1) is 8.26. The molecule has 0 saturated carbocycles. The maximum absolute atomic E-state index is 9.13. The van der Waals surface area contributed by atoms with Crippen LogP contribution in [0.1, 0.15) is 39.0 Å². The van der Waals surface area contributed by atoms with Gasteiger partial charge >= 0.3 is 0 Å². The van der Waals surface area contributed by atoms with Crippen molar-refractivity contribution in [3.8, 4) is 6.07 Å². The van der Waals surface area contributed by atoms with E-state index in [1.165, 1.54) is 0 Å². The number of nitrogens with zero attached hydrogens (tertiary/aromatic N) is 1. The van der Waals surface area contributed by atoms with Crippen molar-refractivity contribution in [3.05, 3.63) is 0 Å². The molecule has 4 heteroatoms. The zero-order valence-electron chi connectivity index (χ0n) is 11.0. The van der Waals surface area contributed by atoms with E-state index < -0.39 is 0 Å². The molecule has 2 unspecified atom stereocenters. The highest BCUT2D eigenvalue weighted by molar-refractivity contribution is 5.05. The summed E-state index contributed by atoms with van der Waals surface area (Å²) in [6, 6.07) is 2.36. The molecular weight excluding hydrogens is 216 g/mol. The molecule has 1 saturated heterocycles. The van der Waals surface area contributed by atoms with Crippen molar-refractivity contribution in [1.29, 1.82) is 5.26 Å². The molecule has 1 heterocycles. The van der Waals surface area contributed by atoms with Crippen molar-refractivity contribution in [2.24, 2.45) is 0 Å². The summed E-state index contributed by atoms with van der Waals surface area (Å²) >= 11 is 0. The van der Waals surface area contributed by atoms with Gasteiger partial charge in [-0.3, -0.25) is 0 Å². The summed E-state index contributed by atoms with van der Waals surface area (Å²) in [5.74, 6) is 0. The van der Waals surface area contributed by atoms with Gasteiger partial charge in [0.05, 0.1) is 18.8 Å². The van der Waals surface area contributed by atoms with Gasteiger partial charge < -0.3 is 14.8 Å². The highest BCUT2D eigenvalue weighted by atomic mass is 16.5. The van der Waals surface area contributed by atoms with Gasteiger partial charge in [-0.05, 0) is 39.2 Å². The van der Waals surface area contributed by atoms with Crippen LogP contribution in [0.3, 0.4) is 0 Å². The van der Waals surface area contributed by atoms with E-state index in [0.717, 1.165) is 38.7 Å². The Morgan fingerprint density at radius 3 is 2.94 bits per heavy atom. The van der Waals surface area contributed by atoms with Crippen molar-refractivity contribution in [2.45, 2.75) is 50.7 Å². The fourth-order valence-corrected chi connectivity index (χ4v) is 2.14. The summed E-state index contributed by atoms with van der Waals surface area (Å²) in [5.41, 5.74) is -0.382. The lowest BCUT2D eigenvalue weighted by Crippen LogP contribution is -2.41. The molecule has 0 aromatic rings. The molecule has 1 aliphatic rings. The normalized spacial score (nSPS) is 23.2. The van der Waals surface area contributed by atoms with Crippen molar-refractivity contribution < 1.29 is 9.47 Å². The van der Waals surface area contributed by atoms with E-state index in [-0.39, 0.29) is 5.54 Å². The summed E-state index contributed by atoms with van der Waals surface area (Å²) < 4.78 is 11.1. The monoisotopic (exact) mass is 240 g/mol. The van der Waals surface area contributed by atoms with Gasteiger partial charge in [-0.25, -0.2) is 0 Å². The lowest BCUT2D eigenvalue weighted by Gasteiger charge is -2.24. The van der Waals surface area contributed by atoms with E-state index in [4.69, 9.17) is 14.7 Å². The topological polar surface area (TPSA) is 54.3 Å². The molecule has 1 aliphatic heterocycles. The van der Waals surface area contributed by atoms with Crippen LogP contribution in [0.2, 0.25) is 0 Å².